The van der Waals surface area contributed by atoms with E-state index < -0.39 is 23.1 Å². The molecule has 1 amide bonds. The number of fused-ring (bicyclic) bond motifs is 1. The van der Waals surface area contributed by atoms with Crippen molar-refractivity contribution in [1.82, 2.24) is 14.6 Å². The van der Waals surface area contributed by atoms with Gasteiger partial charge in [-0.15, -0.1) is 0 Å². The van der Waals surface area contributed by atoms with Gasteiger partial charge in [-0.1, -0.05) is 33.8 Å². The summed E-state index contributed by atoms with van der Waals surface area (Å²) in [5.74, 6) is -0.501. The minimum atomic E-state index is -4.59. The molecule has 1 aromatic carbocycles. The zero-order valence-corrected chi connectivity index (χ0v) is 16.1. The van der Waals surface area contributed by atoms with Gasteiger partial charge in [0.25, 0.3) is 0 Å². The van der Waals surface area contributed by atoms with Crippen molar-refractivity contribution in [2.24, 2.45) is 5.41 Å². The Morgan fingerprint density at radius 1 is 1.14 bits per heavy atom. The van der Waals surface area contributed by atoms with Crippen molar-refractivity contribution in [2.75, 3.05) is 5.32 Å². The third-order valence-electron chi connectivity index (χ3n) is 4.29. The number of hydrogen-bond donors (Lipinski definition) is 1. The largest absolute Gasteiger partial charge is 0.418 e. The van der Waals surface area contributed by atoms with Crippen molar-refractivity contribution in [3.8, 4) is 11.3 Å². The van der Waals surface area contributed by atoms with Crippen LogP contribution in [0, 0.1) is 5.41 Å². The number of benzene rings is 1. The lowest BCUT2D eigenvalue weighted by Gasteiger charge is -2.20. The standard InChI is InChI=1S/C20H21F3N4O/c1-5-13-7-9-17-24-16(11-27(17)26-13)12-6-8-14(20(21,22)23)15(10-12)25-18(28)19(2,3)4/h6-11H,5H2,1-4H3,(H,25,28). The normalized spacial score (nSPS) is 12.4. The Hall–Kier alpha value is -2.90. The summed E-state index contributed by atoms with van der Waals surface area (Å²) in [4.78, 5) is 16.7. The molecular weight excluding hydrogens is 369 g/mol. The van der Waals surface area contributed by atoms with Crippen LogP contribution in [0.25, 0.3) is 16.9 Å². The second-order valence-corrected chi connectivity index (χ2v) is 7.57. The van der Waals surface area contributed by atoms with Gasteiger partial charge in [-0.25, -0.2) is 9.50 Å². The molecule has 0 aliphatic heterocycles. The Morgan fingerprint density at radius 3 is 2.46 bits per heavy atom. The molecule has 2 heterocycles. The zero-order valence-electron chi connectivity index (χ0n) is 16.1. The van der Waals surface area contributed by atoms with Crippen LogP contribution in [-0.4, -0.2) is 20.5 Å². The summed E-state index contributed by atoms with van der Waals surface area (Å²) >= 11 is 0. The molecule has 2 aromatic heterocycles. The maximum Gasteiger partial charge on any atom is 0.418 e. The number of nitrogens with zero attached hydrogens (tertiary/aromatic N) is 3. The van der Waals surface area contributed by atoms with Crippen LogP contribution in [0.3, 0.4) is 0 Å². The summed E-state index contributed by atoms with van der Waals surface area (Å²) in [6.07, 6.45) is -2.17. The quantitative estimate of drug-likeness (QED) is 0.687. The Balaban J connectivity index is 2.07. The molecule has 0 unspecified atom stereocenters. The van der Waals surface area contributed by atoms with Gasteiger partial charge in [-0.05, 0) is 30.7 Å². The van der Waals surface area contributed by atoms with E-state index in [4.69, 9.17) is 0 Å². The molecule has 0 atom stereocenters. The molecule has 0 bridgehead atoms. The second-order valence-electron chi connectivity index (χ2n) is 7.57. The predicted octanol–water partition coefficient (Wildman–Crippen LogP) is 4.96. The van der Waals surface area contributed by atoms with E-state index in [1.54, 1.807) is 31.5 Å². The number of hydrogen-bond acceptors (Lipinski definition) is 3. The van der Waals surface area contributed by atoms with Crippen LogP contribution in [0.5, 0.6) is 0 Å². The van der Waals surface area contributed by atoms with Gasteiger partial charge in [-0.3, -0.25) is 4.79 Å². The third-order valence-corrected chi connectivity index (χ3v) is 4.29. The number of aryl methyl sites for hydroxylation is 1. The zero-order chi connectivity index (χ0) is 20.7. The van der Waals surface area contributed by atoms with Crippen LogP contribution in [0.4, 0.5) is 18.9 Å². The molecule has 1 N–H and O–H groups in total. The number of imidazole rings is 1. The van der Waals surface area contributed by atoms with Gasteiger partial charge in [0.15, 0.2) is 5.65 Å². The number of rotatable bonds is 3. The van der Waals surface area contributed by atoms with E-state index >= 15 is 0 Å². The smallest absolute Gasteiger partial charge is 0.325 e. The fourth-order valence-corrected chi connectivity index (χ4v) is 2.61. The third kappa shape index (κ3) is 4.00. The van der Waals surface area contributed by atoms with E-state index in [1.807, 2.05) is 19.1 Å². The molecular formula is C20H21F3N4O. The van der Waals surface area contributed by atoms with Gasteiger partial charge < -0.3 is 5.32 Å². The average molecular weight is 390 g/mol. The van der Waals surface area contributed by atoms with Gasteiger partial charge in [-0.2, -0.15) is 18.3 Å². The first-order chi connectivity index (χ1) is 13.0. The first kappa shape index (κ1) is 19.9. The molecule has 3 aromatic rings. The lowest BCUT2D eigenvalue weighted by atomic mass is 9.95. The number of amides is 1. The summed E-state index contributed by atoms with van der Waals surface area (Å²) in [7, 11) is 0. The first-order valence-electron chi connectivity index (χ1n) is 8.87. The predicted molar refractivity (Wildman–Crippen MR) is 101 cm³/mol. The molecule has 28 heavy (non-hydrogen) atoms. The fourth-order valence-electron chi connectivity index (χ4n) is 2.61. The Kier molecular flexibility index (Phi) is 4.91. The molecule has 0 aliphatic rings. The number of carbonyl (C=O) groups is 1. The highest BCUT2D eigenvalue weighted by molar-refractivity contribution is 5.96. The molecule has 148 valence electrons. The van der Waals surface area contributed by atoms with Gasteiger partial charge >= 0.3 is 6.18 Å². The van der Waals surface area contributed by atoms with Crippen LogP contribution in [0.1, 0.15) is 39.0 Å². The van der Waals surface area contributed by atoms with Gasteiger partial charge in [0.1, 0.15) is 0 Å². The highest BCUT2D eigenvalue weighted by Gasteiger charge is 2.35. The van der Waals surface area contributed by atoms with E-state index in [1.165, 1.54) is 12.1 Å². The van der Waals surface area contributed by atoms with Crippen LogP contribution in [0.15, 0.2) is 36.5 Å². The molecule has 3 rings (SSSR count). The summed E-state index contributed by atoms with van der Waals surface area (Å²) in [5.41, 5.74) is 0.381. The van der Waals surface area contributed by atoms with Crippen LogP contribution < -0.4 is 5.32 Å². The number of halogens is 3. The van der Waals surface area contributed by atoms with Gasteiger partial charge in [0.05, 0.1) is 28.8 Å². The maximum absolute atomic E-state index is 13.4. The summed E-state index contributed by atoms with van der Waals surface area (Å²) < 4.78 is 41.8. The van der Waals surface area contributed by atoms with E-state index in [0.29, 0.717) is 16.9 Å². The van der Waals surface area contributed by atoms with E-state index in [2.05, 4.69) is 15.4 Å². The van der Waals surface area contributed by atoms with Crippen LogP contribution in [0.2, 0.25) is 0 Å². The monoisotopic (exact) mass is 390 g/mol. The Labute approximate surface area is 160 Å². The minimum Gasteiger partial charge on any atom is -0.325 e. The van der Waals surface area contributed by atoms with Crippen LogP contribution >= 0.6 is 0 Å². The average Bonchev–Trinajstić information content (AvgIpc) is 3.02. The van der Waals surface area contributed by atoms with Crippen LogP contribution in [-0.2, 0) is 17.4 Å². The molecule has 0 fully saturated rings. The molecule has 0 aliphatic carbocycles. The highest BCUT2D eigenvalue weighted by atomic mass is 19.4. The lowest BCUT2D eigenvalue weighted by molar-refractivity contribution is -0.137. The van der Waals surface area contributed by atoms with Crippen molar-refractivity contribution in [1.29, 1.82) is 0 Å². The number of aromatic nitrogens is 3. The molecule has 5 nitrogen and oxygen atoms in total. The topological polar surface area (TPSA) is 59.3 Å². The molecule has 0 radical (unpaired) electrons. The number of carbonyl (C=O) groups excluding carboxylic acids is 1. The van der Waals surface area contributed by atoms with Gasteiger partial charge in [0, 0.05) is 11.0 Å². The number of alkyl halides is 3. The molecule has 8 heteroatoms. The first-order valence-corrected chi connectivity index (χ1v) is 8.87. The number of nitrogens with one attached hydrogen (secondary N) is 1. The lowest BCUT2D eigenvalue weighted by Crippen LogP contribution is -2.28. The van der Waals surface area contributed by atoms with E-state index in [-0.39, 0.29) is 5.69 Å². The highest BCUT2D eigenvalue weighted by Crippen LogP contribution is 2.37. The maximum atomic E-state index is 13.4. The summed E-state index contributed by atoms with van der Waals surface area (Å²) in [5, 5.41) is 6.81. The Morgan fingerprint density at radius 2 is 1.86 bits per heavy atom. The minimum absolute atomic E-state index is 0.288. The van der Waals surface area contributed by atoms with Gasteiger partial charge in [0.2, 0.25) is 5.91 Å². The summed E-state index contributed by atoms with van der Waals surface area (Å²) in [6, 6.07) is 7.27. The second kappa shape index (κ2) is 6.92. The van der Waals surface area contributed by atoms with Crippen molar-refractivity contribution >= 4 is 17.2 Å². The van der Waals surface area contributed by atoms with Crippen molar-refractivity contribution in [3.05, 3.63) is 47.8 Å². The van der Waals surface area contributed by atoms with E-state index in [9.17, 15) is 18.0 Å². The fraction of sp³-hybridized carbons (Fsp3) is 0.350. The van der Waals surface area contributed by atoms with E-state index in [0.717, 1.165) is 18.2 Å². The molecule has 0 saturated heterocycles. The SMILES string of the molecule is CCc1ccc2nc(-c3ccc(C(F)(F)F)c(NC(=O)C(C)(C)C)c3)cn2n1. The Bertz CT molecular complexity index is 1030. The van der Waals surface area contributed by atoms with Crippen molar-refractivity contribution < 1.29 is 18.0 Å². The summed E-state index contributed by atoms with van der Waals surface area (Å²) in [6.45, 7) is 6.89. The molecule has 0 spiro atoms. The molecule has 0 saturated carbocycles. The number of anilines is 1. The van der Waals surface area contributed by atoms with Crippen molar-refractivity contribution in [2.45, 2.75) is 40.3 Å². The van der Waals surface area contributed by atoms with Crippen molar-refractivity contribution in [3.63, 3.8) is 0 Å².